The number of carboxylic acids is 4. The van der Waals surface area contributed by atoms with Gasteiger partial charge in [0.15, 0.2) is 5.65 Å². The van der Waals surface area contributed by atoms with Gasteiger partial charge in [-0.05, 0) is 73.8 Å². The van der Waals surface area contributed by atoms with E-state index in [9.17, 15) is 23.6 Å². The van der Waals surface area contributed by atoms with Crippen molar-refractivity contribution in [2.75, 3.05) is 26.2 Å². The molecule has 0 unspecified atom stereocenters. The van der Waals surface area contributed by atoms with Crippen LogP contribution < -0.4 is 5.32 Å². The molecule has 0 spiro atoms. The van der Waals surface area contributed by atoms with E-state index in [2.05, 4.69) is 30.8 Å². The van der Waals surface area contributed by atoms with Gasteiger partial charge in [0.25, 0.3) is 0 Å². The van der Waals surface area contributed by atoms with Gasteiger partial charge in [0, 0.05) is 62.8 Å². The van der Waals surface area contributed by atoms with E-state index in [1.54, 1.807) is 0 Å². The van der Waals surface area contributed by atoms with Crippen LogP contribution in [0.25, 0.3) is 11.2 Å². The molecular weight excluding hydrogens is 651 g/mol. The molecule has 0 radical (unpaired) electrons. The Kier molecular flexibility index (Phi) is 15.9. The van der Waals surface area contributed by atoms with Gasteiger partial charge in [-0.15, -0.1) is 0 Å². The zero-order valence-corrected chi connectivity index (χ0v) is 27.1. The van der Waals surface area contributed by atoms with Crippen molar-refractivity contribution >= 4 is 35.0 Å². The quantitative estimate of drug-likeness (QED) is 0.101. The van der Waals surface area contributed by atoms with E-state index in [4.69, 9.17) is 25.4 Å². The molecule has 0 atom stereocenters. The average molecular weight is 691 g/mol. The van der Waals surface area contributed by atoms with Crippen LogP contribution in [0.5, 0.6) is 0 Å². The lowest BCUT2D eigenvalue weighted by molar-refractivity contribution is -0.134. The normalized spacial score (nSPS) is 13.4. The van der Waals surface area contributed by atoms with Crippen molar-refractivity contribution in [3.8, 4) is 0 Å². The van der Waals surface area contributed by atoms with E-state index in [1.807, 2.05) is 48.8 Å². The number of likely N-dealkylation sites (tertiary alicyclic amines) is 1. The number of fused-ring (bicyclic) bond motifs is 1. The Labute approximate surface area is 287 Å². The molecule has 3 aromatic heterocycles. The number of aliphatic carboxylic acids is 4. The molecule has 5 N–H and O–H groups in total. The third-order valence-electron chi connectivity index (χ3n) is 7.39. The van der Waals surface area contributed by atoms with Crippen molar-refractivity contribution in [1.82, 2.24) is 29.7 Å². The summed E-state index contributed by atoms with van der Waals surface area (Å²) in [5.74, 6) is -3.55. The zero-order chi connectivity index (χ0) is 36.3. The third kappa shape index (κ3) is 14.5. The monoisotopic (exact) mass is 690 g/mol. The number of carboxylic acid groups (broad SMARTS) is 4. The Bertz CT molecular complexity index is 1690. The van der Waals surface area contributed by atoms with Crippen molar-refractivity contribution in [2.45, 2.75) is 32.4 Å². The number of hydrogen-bond acceptors (Lipinski definition) is 9. The lowest BCUT2D eigenvalue weighted by Crippen LogP contribution is -2.38. The van der Waals surface area contributed by atoms with Crippen LogP contribution in [-0.4, -0.2) is 94.9 Å². The van der Waals surface area contributed by atoms with Crippen molar-refractivity contribution in [3.63, 3.8) is 0 Å². The minimum Gasteiger partial charge on any atom is -0.478 e. The highest BCUT2D eigenvalue weighted by Gasteiger charge is 2.22. The molecule has 0 aliphatic carbocycles. The van der Waals surface area contributed by atoms with Crippen LogP contribution in [-0.2, 0) is 38.7 Å². The first-order valence-electron chi connectivity index (χ1n) is 15.7. The lowest BCUT2D eigenvalue weighted by atomic mass is 9.93. The molecule has 1 aliphatic rings. The van der Waals surface area contributed by atoms with E-state index in [0.29, 0.717) is 36.8 Å². The smallest absolute Gasteiger partial charge is 0.328 e. The maximum Gasteiger partial charge on any atom is 0.328 e. The Morgan fingerprint density at radius 1 is 0.800 bits per heavy atom. The van der Waals surface area contributed by atoms with E-state index in [0.717, 1.165) is 67.4 Å². The molecule has 1 aromatic carbocycles. The lowest BCUT2D eigenvalue weighted by Gasteiger charge is -2.32. The number of nitrogens with one attached hydrogen (secondary N) is 1. The number of rotatable bonds is 13. The number of halogens is 1. The molecule has 1 fully saturated rings. The summed E-state index contributed by atoms with van der Waals surface area (Å²) in [5, 5.41) is 34.7. The highest BCUT2D eigenvalue weighted by atomic mass is 19.1. The largest absolute Gasteiger partial charge is 0.478 e. The maximum absolute atomic E-state index is 13.4. The molecule has 264 valence electrons. The van der Waals surface area contributed by atoms with E-state index in [-0.39, 0.29) is 5.82 Å². The van der Waals surface area contributed by atoms with Gasteiger partial charge >= 0.3 is 23.9 Å². The number of aromatic nitrogens is 4. The predicted octanol–water partition coefficient (Wildman–Crippen LogP) is 3.48. The van der Waals surface area contributed by atoms with Gasteiger partial charge in [-0.25, -0.2) is 33.5 Å². The van der Waals surface area contributed by atoms with Gasteiger partial charge in [0.2, 0.25) is 0 Å². The minimum absolute atomic E-state index is 0.212. The summed E-state index contributed by atoms with van der Waals surface area (Å²) >= 11 is 0. The fourth-order valence-electron chi connectivity index (χ4n) is 5.01. The number of hydrogen-bond donors (Lipinski definition) is 5. The van der Waals surface area contributed by atoms with Gasteiger partial charge in [-0.1, -0.05) is 18.2 Å². The second-order valence-corrected chi connectivity index (χ2v) is 11.1. The van der Waals surface area contributed by atoms with Crippen LogP contribution in [0, 0.1) is 11.7 Å². The number of carbonyl (C=O) groups is 4. The molecule has 4 aromatic rings. The van der Waals surface area contributed by atoms with Crippen LogP contribution in [0.2, 0.25) is 0 Å². The van der Waals surface area contributed by atoms with Gasteiger partial charge in [-0.2, -0.15) is 0 Å². The van der Waals surface area contributed by atoms with Crippen LogP contribution in [0.15, 0.2) is 91.3 Å². The van der Waals surface area contributed by atoms with Crippen LogP contribution in [0.4, 0.5) is 4.39 Å². The Hall–Kier alpha value is -5.80. The maximum atomic E-state index is 13.4. The highest BCUT2D eigenvalue weighted by molar-refractivity contribution is 5.90. The molecule has 15 heteroatoms. The van der Waals surface area contributed by atoms with Crippen LogP contribution in [0.1, 0.15) is 29.9 Å². The first-order valence-corrected chi connectivity index (χ1v) is 15.7. The predicted molar refractivity (Wildman–Crippen MR) is 181 cm³/mol. The van der Waals surface area contributed by atoms with Gasteiger partial charge in [-0.3, -0.25) is 4.98 Å². The first kappa shape index (κ1) is 38.6. The topological polar surface area (TPSA) is 208 Å². The first-order chi connectivity index (χ1) is 24.0. The van der Waals surface area contributed by atoms with E-state index in [1.165, 1.54) is 25.0 Å². The summed E-state index contributed by atoms with van der Waals surface area (Å²) in [4.78, 5) is 54.6. The number of imidazole rings is 1. The third-order valence-corrected chi connectivity index (χ3v) is 7.39. The van der Waals surface area contributed by atoms with Crippen molar-refractivity contribution < 1.29 is 44.0 Å². The summed E-state index contributed by atoms with van der Waals surface area (Å²) in [6.45, 7) is 5.74. The summed E-state index contributed by atoms with van der Waals surface area (Å²) in [6, 6.07) is 16.7. The number of benzene rings is 1. The van der Waals surface area contributed by atoms with E-state index < -0.39 is 23.9 Å². The molecule has 50 heavy (non-hydrogen) atoms. The summed E-state index contributed by atoms with van der Waals surface area (Å²) in [5.41, 5.74) is 3.97. The molecule has 4 heterocycles. The number of pyridine rings is 2. The molecule has 0 amide bonds. The van der Waals surface area contributed by atoms with Gasteiger partial charge < -0.3 is 35.2 Å². The van der Waals surface area contributed by atoms with Crippen molar-refractivity contribution in [3.05, 3.63) is 114 Å². The van der Waals surface area contributed by atoms with Crippen LogP contribution in [0.3, 0.4) is 0 Å². The minimum atomic E-state index is -1.26. The zero-order valence-electron chi connectivity index (χ0n) is 27.1. The van der Waals surface area contributed by atoms with Gasteiger partial charge in [0.05, 0.1) is 12.2 Å². The Balaban J connectivity index is 0.000000352. The van der Waals surface area contributed by atoms with Crippen molar-refractivity contribution in [2.24, 2.45) is 5.92 Å². The standard InChI is InChI=1S/C27H31FN6.2C4H4O4/c28-23-8-6-22(7-9-23)20-34-26(32-25-5-3-13-31-27(25)34)18-21-10-15-33(16-11-21)17-14-29-19-24-4-1-2-12-30-24;2*5-3(6)1-2-4(7)8/h1-9,12-13,21,29H,10-11,14-20H2;2*1-2H,(H,5,6)(H,7,8). The van der Waals surface area contributed by atoms with Crippen molar-refractivity contribution in [1.29, 1.82) is 0 Å². The second-order valence-electron chi connectivity index (χ2n) is 11.1. The molecule has 0 saturated carbocycles. The van der Waals surface area contributed by atoms with Gasteiger partial charge in [0.1, 0.15) is 17.2 Å². The summed E-state index contributed by atoms with van der Waals surface area (Å²) in [6.07, 6.45) is 9.18. The molecule has 1 aliphatic heterocycles. The number of nitrogens with zero attached hydrogens (tertiary/aromatic N) is 5. The highest BCUT2D eigenvalue weighted by Crippen LogP contribution is 2.24. The fourth-order valence-corrected chi connectivity index (χ4v) is 5.01. The summed E-state index contributed by atoms with van der Waals surface area (Å²) in [7, 11) is 0. The number of piperidine rings is 1. The SMILES string of the molecule is Fc1ccc(Cn2c(CC3CCN(CCNCc4ccccn4)CC3)nc3cccnc32)cc1.O=C(O)C=CC(=O)O.O=C(O)C=CC(=O)O. The summed E-state index contributed by atoms with van der Waals surface area (Å²) < 4.78 is 15.6. The molecule has 14 nitrogen and oxygen atoms in total. The average Bonchev–Trinajstić information content (AvgIpc) is 3.44. The fraction of sp³-hybridized carbons (Fsp3) is 0.286. The molecule has 1 saturated heterocycles. The molecule has 5 rings (SSSR count). The Morgan fingerprint density at radius 2 is 1.40 bits per heavy atom. The van der Waals surface area contributed by atoms with Crippen LogP contribution >= 0.6 is 0 Å². The molecule has 0 bridgehead atoms. The van der Waals surface area contributed by atoms with E-state index >= 15 is 0 Å². The molecular formula is C35H39FN6O8. The second kappa shape index (κ2) is 20.5. The Morgan fingerprint density at radius 3 is 1.96 bits per heavy atom.